The first kappa shape index (κ1) is 8.21. The highest BCUT2D eigenvalue weighted by Crippen LogP contribution is 2.27. The molecule has 2 nitrogen and oxygen atoms in total. The predicted molar refractivity (Wildman–Crippen MR) is 40.4 cm³/mol. The molecule has 0 aliphatic heterocycles. The Bertz CT molecular complexity index is 119. The van der Waals surface area contributed by atoms with Gasteiger partial charge in [-0.15, -0.1) is 0 Å². The standard InChI is InChI=1S/C7H14O2S/c8-10(9)6-5-7-3-1-2-4-7/h7H,1-6H2,(H,8,9)/p-1. The minimum absolute atomic E-state index is 0.366. The third-order valence-electron chi connectivity index (χ3n) is 2.17. The molecule has 1 aliphatic carbocycles. The van der Waals surface area contributed by atoms with Crippen LogP contribution in [0.1, 0.15) is 32.1 Å². The Balaban J connectivity index is 2.07. The molecule has 0 bridgehead atoms. The Hall–Kier alpha value is 0.110. The van der Waals surface area contributed by atoms with Gasteiger partial charge in [-0.1, -0.05) is 36.8 Å². The summed E-state index contributed by atoms with van der Waals surface area (Å²) >= 11 is -1.81. The van der Waals surface area contributed by atoms with Crippen LogP contribution < -0.4 is 0 Å². The molecule has 1 aliphatic rings. The van der Waals surface area contributed by atoms with Crippen LogP contribution >= 0.6 is 0 Å². The van der Waals surface area contributed by atoms with Crippen molar-refractivity contribution in [1.29, 1.82) is 0 Å². The van der Waals surface area contributed by atoms with Gasteiger partial charge in [0.25, 0.3) is 0 Å². The molecule has 1 atom stereocenters. The Morgan fingerprint density at radius 2 is 2.00 bits per heavy atom. The SMILES string of the molecule is O=S([O-])CCC1CCCC1. The summed E-state index contributed by atoms with van der Waals surface area (Å²) in [6, 6.07) is 0. The first-order valence-corrected chi connectivity index (χ1v) is 5.09. The first-order valence-electron chi connectivity index (χ1n) is 3.85. The van der Waals surface area contributed by atoms with Gasteiger partial charge >= 0.3 is 0 Å². The topological polar surface area (TPSA) is 40.1 Å². The van der Waals surface area contributed by atoms with Crippen LogP contribution in [-0.2, 0) is 11.1 Å². The van der Waals surface area contributed by atoms with Gasteiger partial charge in [-0.2, -0.15) is 0 Å². The molecule has 60 valence electrons. The molecule has 0 heterocycles. The molecule has 1 fully saturated rings. The second kappa shape index (κ2) is 4.09. The van der Waals surface area contributed by atoms with Crippen LogP contribution in [0.3, 0.4) is 0 Å². The molecule has 0 saturated heterocycles. The minimum atomic E-state index is -1.81. The maximum Gasteiger partial charge on any atom is 0.0104 e. The monoisotopic (exact) mass is 161 g/mol. The van der Waals surface area contributed by atoms with Crippen LogP contribution in [0.2, 0.25) is 0 Å². The highest BCUT2D eigenvalue weighted by molar-refractivity contribution is 7.79. The summed E-state index contributed by atoms with van der Waals surface area (Å²) in [5, 5.41) is 0. The zero-order valence-corrected chi connectivity index (χ0v) is 6.86. The van der Waals surface area contributed by atoms with E-state index >= 15 is 0 Å². The van der Waals surface area contributed by atoms with Gasteiger partial charge in [0, 0.05) is 5.75 Å². The fourth-order valence-corrected chi connectivity index (χ4v) is 2.09. The molecule has 0 N–H and O–H groups in total. The van der Waals surface area contributed by atoms with Crippen LogP contribution in [0, 0.1) is 5.92 Å². The molecule has 0 aromatic carbocycles. The molecule has 3 heteroatoms. The fourth-order valence-electron chi connectivity index (χ4n) is 1.56. The normalized spacial score (nSPS) is 23.3. The molecule has 0 aromatic rings. The quantitative estimate of drug-likeness (QED) is 0.588. The lowest BCUT2D eigenvalue weighted by atomic mass is 10.1. The van der Waals surface area contributed by atoms with Gasteiger partial charge in [0.1, 0.15) is 0 Å². The van der Waals surface area contributed by atoms with Crippen molar-refractivity contribution in [2.24, 2.45) is 5.92 Å². The van der Waals surface area contributed by atoms with Gasteiger partial charge in [-0.25, -0.2) is 0 Å². The summed E-state index contributed by atoms with van der Waals surface area (Å²) in [7, 11) is 0. The molecule has 10 heavy (non-hydrogen) atoms. The van der Waals surface area contributed by atoms with Crippen LogP contribution in [0.25, 0.3) is 0 Å². The fraction of sp³-hybridized carbons (Fsp3) is 1.00. The molecule has 1 rings (SSSR count). The van der Waals surface area contributed by atoms with Crippen LogP contribution in [0.4, 0.5) is 0 Å². The Morgan fingerprint density at radius 3 is 2.50 bits per heavy atom. The summed E-state index contributed by atoms with van der Waals surface area (Å²) in [5.41, 5.74) is 0. The Labute approximate surface area is 64.3 Å². The largest absolute Gasteiger partial charge is 0.772 e. The Morgan fingerprint density at radius 1 is 1.40 bits per heavy atom. The van der Waals surface area contributed by atoms with E-state index in [1.165, 1.54) is 25.7 Å². The van der Waals surface area contributed by atoms with Crippen molar-refractivity contribution in [1.82, 2.24) is 0 Å². The van der Waals surface area contributed by atoms with Gasteiger partial charge in [-0.05, 0) is 12.3 Å². The highest BCUT2D eigenvalue weighted by atomic mass is 32.2. The summed E-state index contributed by atoms with van der Waals surface area (Å²) in [6.07, 6.45) is 5.98. The van der Waals surface area contributed by atoms with Crippen molar-refractivity contribution >= 4 is 11.1 Å². The summed E-state index contributed by atoms with van der Waals surface area (Å²) in [6.45, 7) is 0. The van der Waals surface area contributed by atoms with E-state index < -0.39 is 11.1 Å². The van der Waals surface area contributed by atoms with Gasteiger partial charge < -0.3 is 4.55 Å². The molecule has 0 spiro atoms. The van der Waals surface area contributed by atoms with Crippen LogP contribution in [-0.4, -0.2) is 14.5 Å². The molecule has 0 amide bonds. The van der Waals surface area contributed by atoms with Crippen molar-refractivity contribution in [2.75, 3.05) is 5.75 Å². The summed E-state index contributed by atoms with van der Waals surface area (Å²) in [4.78, 5) is 0. The average molecular weight is 161 g/mol. The van der Waals surface area contributed by atoms with Crippen molar-refractivity contribution in [3.63, 3.8) is 0 Å². The van der Waals surface area contributed by atoms with Crippen molar-refractivity contribution in [3.8, 4) is 0 Å². The van der Waals surface area contributed by atoms with Gasteiger partial charge in [-0.3, -0.25) is 4.21 Å². The third-order valence-corrected chi connectivity index (χ3v) is 2.74. The summed E-state index contributed by atoms with van der Waals surface area (Å²) < 4.78 is 20.3. The van der Waals surface area contributed by atoms with E-state index in [1.54, 1.807) is 0 Å². The van der Waals surface area contributed by atoms with Crippen LogP contribution in [0.5, 0.6) is 0 Å². The lowest BCUT2D eigenvalue weighted by Gasteiger charge is -2.09. The Kier molecular flexibility index (Phi) is 3.35. The van der Waals surface area contributed by atoms with E-state index in [-0.39, 0.29) is 0 Å². The summed E-state index contributed by atoms with van der Waals surface area (Å²) in [5.74, 6) is 1.07. The zero-order valence-electron chi connectivity index (χ0n) is 6.04. The number of hydrogen-bond donors (Lipinski definition) is 0. The van der Waals surface area contributed by atoms with E-state index in [9.17, 15) is 8.76 Å². The first-order chi connectivity index (χ1) is 4.79. The lowest BCUT2D eigenvalue weighted by Crippen LogP contribution is -2.01. The van der Waals surface area contributed by atoms with Gasteiger partial charge in [0.2, 0.25) is 0 Å². The highest BCUT2D eigenvalue weighted by Gasteiger charge is 2.13. The van der Waals surface area contributed by atoms with E-state index in [4.69, 9.17) is 0 Å². The van der Waals surface area contributed by atoms with Crippen molar-refractivity contribution in [3.05, 3.63) is 0 Å². The number of hydrogen-bond acceptors (Lipinski definition) is 2. The lowest BCUT2D eigenvalue weighted by molar-refractivity contribution is 0.502. The molecular formula is C7H13O2S-. The van der Waals surface area contributed by atoms with E-state index in [1.807, 2.05) is 0 Å². The second-order valence-electron chi connectivity index (χ2n) is 2.95. The third kappa shape index (κ3) is 2.80. The van der Waals surface area contributed by atoms with Crippen molar-refractivity contribution in [2.45, 2.75) is 32.1 Å². The molecule has 1 saturated carbocycles. The zero-order chi connectivity index (χ0) is 7.40. The molecule has 0 radical (unpaired) electrons. The van der Waals surface area contributed by atoms with Gasteiger partial charge in [0.05, 0.1) is 0 Å². The van der Waals surface area contributed by atoms with E-state index in [0.717, 1.165) is 6.42 Å². The smallest absolute Gasteiger partial charge is 0.0104 e. The number of rotatable bonds is 3. The second-order valence-corrected chi connectivity index (χ2v) is 3.96. The molecule has 0 aromatic heterocycles. The molecular weight excluding hydrogens is 148 g/mol. The maximum atomic E-state index is 10.2. The van der Waals surface area contributed by atoms with E-state index in [0.29, 0.717) is 11.7 Å². The van der Waals surface area contributed by atoms with E-state index in [2.05, 4.69) is 0 Å². The average Bonchev–Trinajstić information content (AvgIpc) is 2.34. The maximum absolute atomic E-state index is 10.2. The minimum Gasteiger partial charge on any atom is -0.772 e. The predicted octanol–water partition coefficient (Wildman–Crippen LogP) is 1.45. The van der Waals surface area contributed by atoms with Crippen LogP contribution in [0.15, 0.2) is 0 Å². The van der Waals surface area contributed by atoms with Crippen molar-refractivity contribution < 1.29 is 8.76 Å². The molecule has 1 unspecified atom stereocenters. The van der Waals surface area contributed by atoms with Gasteiger partial charge in [0.15, 0.2) is 0 Å².